The Bertz CT molecular complexity index is 608. The Morgan fingerprint density at radius 2 is 2.06 bits per heavy atom. The Hall–Kier alpha value is -1.58. The largest absolute Gasteiger partial charge is 0.478 e. The minimum Gasteiger partial charge on any atom is -0.478 e. The monoisotopic (exact) mass is 263 g/mol. The van der Waals surface area contributed by atoms with E-state index in [4.69, 9.17) is 16.7 Å². The minimum atomic E-state index is -0.999. The van der Waals surface area contributed by atoms with Gasteiger partial charge in [0, 0.05) is 6.54 Å². The smallest absolute Gasteiger partial charge is 0.337 e. The molecular formula is C14H14ClNO2. The lowest BCUT2D eigenvalue weighted by atomic mass is 10.0. The van der Waals surface area contributed by atoms with Gasteiger partial charge in [-0.1, -0.05) is 29.8 Å². The number of fused-ring (bicyclic) bond motifs is 1. The van der Waals surface area contributed by atoms with Gasteiger partial charge in [0.05, 0.1) is 10.6 Å². The van der Waals surface area contributed by atoms with E-state index >= 15 is 0 Å². The number of halogens is 1. The lowest BCUT2D eigenvalue weighted by Gasteiger charge is -2.13. The SMILES string of the molecule is CN(C)Cc1cccc2cc(Cl)c(C(=O)O)cc12. The van der Waals surface area contributed by atoms with Crippen LogP contribution >= 0.6 is 11.6 Å². The molecule has 0 aliphatic heterocycles. The van der Waals surface area contributed by atoms with Gasteiger partial charge in [-0.2, -0.15) is 0 Å². The van der Waals surface area contributed by atoms with Gasteiger partial charge in [-0.3, -0.25) is 0 Å². The Kier molecular flexibility index (Phi) is 3.55. The van der Waals surface area contributed by atoms with Crippen molar-refractivity contribution >= 4 is 28.3 Å². The molecule has 0 spiro atoms. The third-order valence-electron chi connectivity index (χ3n) is 2.78. The standard InChI is InChI=1S/C14H14ClNO2/c1-16(2)8-10-5-3-4-9-6-13(15)12(14(17)18)7-11(9)10/h3-7H,8H2,1-2H3,(H,17,18). The number of carbonyl (C=O) groups is 1. The van der Waals surface area contributed by atoms with Crippen LogP contribution in [0.3, 0.4) is 0 Å². The first-order chi connectivity index (χ1) is 8.49. The summed E-state index contributed by atoms with van der Waals surface area (Å²) in [5.74, 6) is -0.999. The molecule has 2 aromatic carbocycles. The fourth-order valence-electron chi connectivity index (χ4n) is 2.00. The molecular weight excluding hydrogens is 250 g/mol. The zero-order valence-electron chi connectivity index (χ0n) is 10.3. The molecule has 0 saturated carbocycles. The third-order valence-corrected chi connectivity index (χ3v) is 3.09. The molecule has 94 valence electrons. The average Bonchev–Trinajstić information content (AvgIpc) is 2.27. The van der Waals surface area contributed by atoms with Gasteiger partial charge in [0.15, 0.2) is 0 Å². The number of hydrogen-bond acceptors (Lipinski definition) is 2. The molecule has 2 aromatic rings. The molecule has 0 saturated heterocycles. The summed E-state index contributed by atoms with van der Waals surface area (Å²) in [6.07, 6.45) is 0. The Labute approximate surface area is 111 Å². The summed E-state index contributed by atoms with van der Waals surface area (Å²) in [6, 6.07) is 9.25. The highest BCUT2D eigenvalue weighted by molar-refractivity contribution is 6.34. The maximum Gasteiger partial charge on any atom is 0.337 e. The van der Waals surface area contributed by atoms with Crippen molar-refractivity contribution < 1.29 is 9.90 Å². The van der Waals surface area contributed by atoms with E-state index in [2.05, 4.69) is 0 Å². The summed E-state index contributed by atoms with van der Waals surface area (Å²) in [5, 5.41) is 11.3. The van der Waals surface area contributed by atoms with Crippen molar-refractivity contribution in [3.05, 3.63) is 46.5 Å². The van der Waals surface area contributed by atoms with E-state index < -0.39 is 5.97 Å². The molecule has 0 radical (unpaired) electrons. The molecule has 2 rings (SSSR count). The number of nitrogens with zero attached hydrogens (tertiary/aromatic N) is 1. The first-order valence-electron chi connectivity index (χ1n) is 5.58. The number of rotatable bonds is 3. The van der Waals surface area contributed by atoms with E-state index in [0.717, 1.165) is 22.9 Å². The summed E-state index contributed by atoms with van der Waals surface area (Å²) < 4.78 is 0. The van der Waals surface area contributed by atoms with Crippen LogP contribution in [-0.4, -0.2) is 30.1 Å². The van der Waals surface area contributed by atoms with E-state index in [1.165, 1.54) is 0 Å². The zero-order valence-corrected chi connectivity index (χ0v) is 11.0. The van der Waals surface area contributed by atoms with Crippen molar-refractivity contribution in [2.45, 2.75) is 6.54 Å². The number of carboxylic acid groups (broad SMARTS) is 1. The van der Waals surface area contributed by atoms with Gasteiger partial charge < -0.3 is 10.0 Å². The Morgan fingerprint density at radius 3 is 2.67 bits per heavy atom. The molecule has 0 bridgehead atoms. The van der Waals surface area contributed by atoms with Crippen molar-refractivity contribution in [3.8, 4) is 0 Å². The van der Waals surface area contributed by atoms with Crippen LogP contribution in [0.25, 0.3) is 10.8 Å². The lowest BCUT2D eigenvalue weighted by Crippen LogP contribution is -2.11. The van der Waals surface area contributed by atoms with Gasteiger partial charge in [0.25, 0.3) is 0 Å². The Balaban J connectivity index is 2.67. The van der Waals surface area contributed by atoms with Crippen LogP contribution in [0.15, 0.2) is 30.3 Å². The minimum absolute atomic E-state index is 0.148. The molecule has 0 aliphatic carbocycles. The predicted octanol–water partition coefficient (Wildman–Crippen LogP) is 3.25. The van der Waals surface area contributed by atoms with Crippen molar-refractivity contribution in [2.75, 3.05) is 14.1 Å². The maximum absolute atomic E-state index is 11.1. The number of benzene rings is 2. The second kappa shape index (κ2) is 4.96. The molecule has 0 aromatic heterocycles. The van der Waals surface area contributed by atoms with Gasteiger partial charge in [-0.25, -0.2) is 4.79 Å². The molecule has 4 heteroatoms. The van der Waals surface area contributed by atoms with Crippen LogP contribution in [0.1, 0.15) is 15.9 Å². The number of carboxylic acids is 1. The van der Waals surface area contributed by atoms with E-state index in [1.807, 2.05) is 37.2 Å². The van der Waals surface area contributed by atoms with Crippen LogP contribution in [-0.2, 0) is 6.54 Å². The predicted molar refractivity (Wildman–Crippen MR) is 73.3 cm³/mol. The quantitative estimate of drug-likeness (QED) is 0.924. The first-order valence-corrected chi connectivity index (χ1v) is 5.96. The van der Waals surface area contributed by atoms with Gasteiger partial charge in [-0.05, 0) is 42.6 Å². The Morgan fingerprint density at radius 1 is 1.33 bits per heavy atom. The van der Waals surface area contributed by atoms with Crippen LogP contribution in [0, 0.1) is 0 Å². The number of hydrogen-bond donors (Lipinski definition) is 1. The van der Waals surface area contributed by atoms with Crippen molar-refractivity contribution in [2.24, 2.45) is 0 Å². The highest BCUT2D eigenvalue weighted by Gasteiger charge is 2.12. The average molecular weight is 264 g/mol. The van der Waals surface area contributed by atoms with Gasteiger partial charge >= 0.3 is 5.97 Å². The number of aromatic carboxylic acids is 1. The molecule has 0 unspecified atom stereocenters. The fraction of sp³-hybridized carbons (Fsp3) is 0.214. The van der Waals surface area contributed by atoms with Gasteiger partial charge in [-0.15, -0.1) is 0 Å². The van der Waals surface area contributed by atoms with Gasteiger partial charge in [0.1, 0.15) is 0 Å². The van der Waals surface area contributed by atoms with E-state index in [1.54, 1.807) is 12.1 Å². The molecule has 3 nitrogen and oxygen atoms in total. The van der Waals surface area contributed by atoms with Crippen molar-refractivity contribution in [1.29, 1.82) is 0 Å². The first kappa shape index (κ1) is 12.9. The van der Waals surface area contributed by atoms with Crippen molar-refractivity contribution in [3.63, 3.8) is 0 Å². The summed E-state index contributed by atoms with van der Waals surface area (Å²) in [5.41, 5.74) is 1.24. The second-order valence-corrected chi connectivity index (χ2v) is 4.92. The highest BCUT2D eigenvalue weighted by atomic mass is 35.5. The van der Waals surface area contributed by atoms with Crippen LogP contribution < -0.4 is 0 Å². The summed E-state index contributed by atoms with van der Waals surface area (Å²) >= 11 is 5.97. The summed E-state index contributed by atoms with van der Waals surface area (Å²) in [4.78, 5) is 13.1. The maximum atomic E-state index is 11.1. The molecule has 0 aliphatic rings. The molecule has 0 fully saturated rings. The molecule has 0 heterocycles. The third kappa shape index (κ3) is 2.47. The highest BCUT2D eigenvalue weighted by Crippen LogP contribution is 2.27. The zero-order chi connectivity index (χ0) is 13.3. The van der Waals surface area contributed by atoms with E-state index in [0.29, 0.717) is 0 Å². The van der Waals surface area contributed by atoms with Crippen molar-refractivity contribution in [1.82, 2.24) is 4.90 Å². The lowest BCUT2D eigenvalue weighted by molar-refractivity contribution is 0.0697. The summed E-state index contributed by atoms with van der Waals surface area (Å²) in [6.45, 7) is 0.762. The van der Waals surface area contributed by atoms with E-state index in [9.17, 15) is 4.79 Å². The van der Waals surface area contributed by atoms with E-state index in [-0.39, 0.29) is 10.6 Å². The van der Waals surface area contributed by atoms with Crippen LogP contribution in [0.4, 0.5) is 0 Å². The molecule has 0 amide bonds. The van der Waals surface area contributed by atoms with Crippen LogP contribution in [0.2, 0.25) is 5.02 Å². The summed E-state index contributed by atoms with van der Waals surface area (Å²) in [7, 11) is 3.96. The second-order valence-electron chi connectivity index (χ2n) is 4.51. The fourth-order valence-corrected chi connectivity index (χ4v) is 2.26. The normalized spacial score (nSPS) is 11.1. The topological polar surface area (TPSA) is 40.5 Å². The van der Waals surface area contributed by atoms with Gasteiger partial charge in [0.2, 0.25) is 0 Å². The molecule has 1 N–H and O–H groups in total. The van der Waals surface area contributed by atoms with Crippen LogP contribution in [0.5, 0.6) is 0 Å². The molecule has 18 heavy (non-hydrogen) atoms. The molecule has 0 atom stereocenters.